The molecule has 0 spiro atoms. The van der Waals surface area contributed by atoms with Gasteiger partial charge in [0.15, 0.2) is 0 Å². The number of piperazine rings is 1. The molecule has 3 heterocycles. The number of hydrogen-bond donors (Lipinski definition) is 2. The van der Waals surface area contributed by atoms with Crippen LogP contribution in [0.4, 0.5) is 23.0 Å². The monoisotopic (exact) mass is 410 g/mol. The van der Waals surface area contributed by atoms with Crippen LogP contribution in [0.25, 0.3) is 11.3 Å². The molecule has 0 bridgehead atoms. The van der Waals surface area contributed by atoms with E-state index in [1.165, 1.54) is 6.07 Å². The van der Waals surface area contributed by atoms with Gasteiger partial charge < -0.3 is 15.5 Å². The van der Waals surface area contributed by atoms with Crippen LogP contribution in [0.15, 0.2) is 41.8 Å². The Morgan fingerprint density at radius 1 is 1.24 bits per heavy atom. The van der Waals surface area contributed by atoms with Gasteiger partial charge in [-0.25, -0.2) is 9.97 Å². The van der Waals surface area contributed by atoms with Gasteiger partial charge in [-0.2, -0.15) is 0 Å². The highest BCUT2D eigenvalue weighted by Gasteiger charge is 2.23. The maximum Gasteiger partial charge on any atom is 0.311 e. The Kier molecular flexibility index (Phi) is 5.41. The van der Waals surface area contributed by atoms with Gasteiger partial charge in [0.1, 0.15) is 5.82 Å². The number of pyridine rings is 1. The zero-order valence-corrected chi connectivity index (χ0v) is 17.1. The summed E-state index contributed by atoms with van der Waals surface area (Å²) in [5.41, 5.74) is 2.63. The number of nitro groups is 1. The molecule has 4 rings (SSSR count). The number of hydrogen-bond acceptors (Lipinski definition) is 8. The molecule has 29 heavy (non-hydrogen) atoms. The first-order valence-electron chi connectivity index (χ1n) is 9.43. The van der Waals surface area contributed by atoms with Crippen molar-refractivity contribution in [3.63, 3.8) is 0 Å². The highest BCUT2D eigenvalue weighted by molar-refractivity contribution is 7.09. The summed E-state index contributed by atoms with van der Waals surface area (Å²) in [6, 6.07) is 11.2. The van der Waals surface area contributed by atoms with E-state index in [0.717, 1.165) is 47.4 Å². The summed E-state index contributed by atoms with van der Waals surface area (Å²) in [5.74, 6) is 0.983. The summed E-state index contributed by atoms with van der Waals surface area (Å²) in [4.78, 5) is 22.3. The Morgan fingerprint density at radius 3 is 2.69 bits per heavy atom. The number of benzene rings is 1. The molecule has 1 fully saturated rings. The molecule has 3 aromatic rings. The Morgan fingerprint density at radius 2 is 2.03 bits per heavy atom. The third kappa shape index (κ3) is 4.20. The Hall–Kier alpha value is -3.04. The van der Waals surface area contributed by atoms with E-state index < -0.39 is 4.92 Å². The van der Waals surface area contributed by atoms with E-state index in [9.17, 15) is 10.1 Å². The molecular formula is C20H22N6O2S. The fraction of sp³-hybridized carbons (Fsp3) is 0.300. The lowest BCUT2D eigenvalue weighted by Gasteiger charge is -2.35. The average molecular weight is 411 g/mol. The first-order chi connectivity index (χ1) is 14.0. The van der Waals surface area contributed by atoms with E-state index in [1.807, 2.05) is 36.6 Å². The summed E-state index contributed by atoms with van der Waals surface area (Å²) >= 11 is 1.61. The first-order valence-corrected chi connectivity index (χ1v) is 10.3. The van der Waals surface area contributed by atoms with Crippen molar-refractivity contribution in [1.29, 1.82) is 0 Å². The number of nitrogens with zero attached hydrogens (tertiary/aromatic N) is 4. The quantitative estimate of drug-likeness (QED) is 0.485. The molecule has 1 aliphatic heterocycles. The molecule has 0 aliphatic carbocycles. The van der Waals surface area contributed by atoms with Crippen molar-refractivity contribution in [2.24, 2.45) is 0 Å². The van der Waals surface area contributed by atoms with Crippen molar-refractivity contribution in [3.05, 3.63) is 56.9 Å². The zero-order chi connectivity index (χ0) is 20.4. The van der Waals surface area contributed by atoms with Crippen molar-refractivity contribution in [2.45, 2.75) is 19.9 Å². The van der Waals surface area contributed by atoms with E-state index in [1.54, 1.807) is 17.4 Å². The molecule has 9 heteroatoms. The predicted octanol–water partition coefficient (Wildman–Crippen LogP) is 3.96. The van der Waals surface area contributed by atoms with Crippen LogP contribution in [0.1, 0.15) is 11.9 Å². The van der Waals surface area contributed by atoms with E-state index in [4.69, 9.17) is 0 Å². The second kappa shape index (κ2) is 8.14. The van der Waals surface area contributed by atoms with Crippen molar-refractivity contribution >= 4 is 34.3 Å². The Balaban J connectivity index is 1.61. The molecule has 150 valence electrons. The second-order valence-electron chi connectivity index (χ2n) is 6.99. The molecule has 0 amide bonds. The normalized spacial score (nSPS) is 16.6. The fourth-order valence-corrected chi connectivity index (χ4v) is 4.00. The minimum Gasteiger partial charge on any atom is -0.351 e. The standard InChI is InChI=1S/C20H22N6O2S/c1-13-11-21-9-10-25(13)19-8-7-18(26(27)28)20(24-19)23-16-5-3-15(4-6-16)17-12-29-14(2)22-17/h3-8,12-13,21H,9-11H2,1-2H3,(H,23,24). The molecule has 8 nitrogen and oxygen atoms in total. The lowest BCUT2D eigenvalue weighted by molar-refractivity contribution is -0.384. The van der Waals surface area contributed by atoms with Crippen molar-refractivity contribution < 1.29 is 4.92 Å². The van der Waals surface area contributed by atoms with Gasteiger partial charge in [0, 0.05) is 48.4 Å². The van der Waals surface area contributed by atoms with Gasteiger partial charge in [-0.1, -0.05) is 12.1 Å². The number of thiazole rings is 1. The Bertz CT molecular complexity index is 1020. The first kappa shape index (κ1) is 19.3. The molecular weight excluding hydrogens is 388 g/mol. The summed E-state index contributed by atoms with van der Waals surface area (Å²) in [5, 5.41) is 21.0. The maximum atomic E-state index is 11.5. The van der Waals surface area contributed by atoms with Gasteiger partial charge in [-0.3, -0.25) is 10.1 Å². The topological polar surface area (TPSA) is 96.2 Å². The van der Waals surface area contributed by atoms with Gasteiger partial charge in [0.05, 0.1) is 15.6 Å². The average Bonchev–Trinajstić information content (AvgIpc) is 3.15. The van der Waals surface area contributed by atoms with Crippen LogP contribution in [0.5, 0.6) is 0 Å². The highest BCUT2D eigenvalue weighted by atomic mass is 32.1. The third-order valence-electron chi connectivity index (χ3n) is 4.91. The predicted molar refractivity (Wildman–Crippen MR) is 116 cm³/mol. The summed E-state index contributed by atoms with van der Waals surface area (Å²) in [6.07, 6.45) is 0. The molecule has 2 N–H and O–H groups in total. The molecule has 1 unspecified atom stereocenters. The number of aryl methyl sites for hydroxylation is 1. The maximum absolute atomic E-state index is 11.5. The van der Waals surface area contributed by atoms with Crippen LogP contribution in [0.2, 0.25) is 0 Å². The summed E-state index contributed by atoms with van der Waals surface area (Å²) in [7, 11) is 0. The number of nitrogens with one attached hydrogen (secondary N) is 2. The number of anilines is 3. The fourth-order valence-electron chi connectivity index (χ4n) is 3.38. The molecule has 0 saturated carbocycles. The molecule has 1 saturated heterocycles. The smallest absolute Gasteiger partial charge is 0.311 e. The van der Waals surface area contributed by atoms with Gasteiger partial charge in [-0.05, 0) is 32.0 Å². The zero-order valence-electron chi connectivity index (χ0n) is 16.3. The van der Waals surface area contributed by atoms with Crippen LogP contribution in [-0.2, 0) is 0 Å². The molecule has 1 aromatic carbocycles. The van der Waals surface area contributed by atoms with Gasteiger partial charge >= 0.3 is 5.69 Å². The minimum absolute atomic E-state index is 0.0456. The van der Waals surface area contributed by atoms with Gasteiger partial charge in [0.2, 0.25) is 5.82 Å². The summed E-state index contributed by atoms with van der Waals surface area (Å²) < 4.78 is 0. The summed E-state index contributed by atoms with van der Waals surface area (Å²) in [6.45, 7) is 6.62. The van der Waals surface area contributed by atoms with Gasteiger partial charge in [0.25, 0.3) is 0 Å². The van der Waals surface area contributed by atoms with Crippen LogP contribution < -0.4 is 15.5 Å². The van der Waals surface area contributed by atoms with Gasteiger partial charge in [-0.15, -0.1) is 11.3 Å². The lowest BCUT2D eigenvalue weighted by atomic mass is 10.1. The molecule has 2 aromatic heterocycles. The molecule has 1 atom stereocenters. The largest absolute Gasteiger partial charge is 0.351 e. The molecule has 0 radical (unpaired) electrons. The van der Waals surface area contributed by atoms with Crippen LogP contribution in [0, 0.1) is 17.0 Å². The van der Waals surface area contributed by atoms with Crippen LogP contribution >= 0.6 is 11.3 Å². The van der Waals surface area contributed by atoms with Crippen molar-refractivity contribution in [3.8, 4) is 11.3 Å². The van der Waals surface area contributed by atoms with Crippen molar-refractivity contribution in [1.82, 2.24) is 15.3 Å². The van der Waals surface area contributed by atoms with E-state index in [0.29, 0.717) is 0 Å². The highest BCUT2D eigenvalue weighted by Crippen LogP contribution is 2.30. The van der Waals surface area contributed by atoms with E-state index in [-0.39, 0.29) is 17.5 Å². The van der Waals surface area contributed by atoms with E-state index >= 15 is 0 Å². The third-order valence-corrected chi connectivity index (χ3v) is 5.69. The van der Waals surface area contributed by atoms with Crippen LogP contribution in [-0.4, -0.2) is 40.6 Å². The minimum atomic E-state index is -0.410. The SMILES string of the molecule is Cc1nc(-c2ccc(Nc3nc(N4CCNCC4C)ccc3[N+](=O)[O-])cc2)cs1. The lowest BCUT2D eigenvalue weighted by Crippen LogP contribution is -2.50. The number of rotatable bonds is 5. The molecule has 1 aliphatic rings. The van der Waals surface area contributed by atoms with Crippen LogP contribution in [0.3, 0.4) is 0 Å². The Labute approximate surface area is 172 Å². The number of aromatic nitrogens is 2. The second-order valence-corrected chi connectivity index (χ2v) is 8.06. The van der Waals surface area contributed by atoms with Crippen molar-refractivity contribution in [2.75, 3.05) is 29.9 Å². The van der Waals surface area contributed by atoms with E-state index in [2.05, 4.69) is 32.4 Å².